The number of nitrogens with one attached hydrogen (secondary N) is 1. The molecule has 0 fully saturated rings. The largest absolute Gasteiger partial charge is 0.481 e. The molecule has 0 aliphatic carbocycles. The van der Waals surface area contributed by atoms with Gasteiger partial charge in [0.25, 0.3) is 0 Å². The normalized spacial score (nSPS) is 11.2. The molecule has 0 radical (unpaired) electrons. The van der Waals surface area contributed by atoms with Crippen molar-refractivity contribution in [1.29, 1.82) is 0 Å². The molecular formula is C11H21NO4. The molecule has 0 spiro atoms. The van der Waals surface area contributed by atoms with Crippen LogP contribution in [0.3, 0.4) is 0 Å². The minimum Gasteiger partial charge on any atom is -0.481 e. The minimum atomic E-state index is -0.917. The molecule has 0 bridgehead atoms. The van der Waals surface area contributed by atoms with Crippen molar-refractivity contribution in [3.63, 3.8) is 0 Å². The van der Waals surface area contributed by atoms with Crippen LogP contribution in [0.4, 0.5) is 0 Å². The molecule has 5 heteroatoms. The lowest BCUT2D eigenvalue weighted by Gasteiger charge is -2.24. The third-order valence-electron chi connectivity index (χ3n) is 1.97. The number of rotatable bonds is 8. The number of ether oxygens (including phenoxy) is 1. The van der Waals surface area contributed by atoms with E-state index in [1.54, 1.807) is 13.8 Å². The molecule has 0 aliphatic rings. The van der Waals surface area contributed by atoms with Crippen molar-refractivity contribution in [2.45, 2.75) is 45.6 Å². The molecule has 94 valence electrons. The van der Waals surface area contributed by atoms with E-state index in [-0.39, 0.29) is 12.3 Å². The highest BCUT2D eigenvalue weighted by Gasteiger charge is 2.23. The van der Waals surface area contributed by atoms with Gasteiger partial charge in [-0.1, -0.05) is 0 Å². The van der Waals surface area contributed by atoms with E-state index in [4.69, 9.17) is 9.84 Å². The molecule has 0 heterocycles. The summed E-state index contributed by atoms with van der Waals surface area (Å²) in [5, 5.41) is 11.3. The van der Waals surface area contributed by atoms with Crippen LogP contribution in [0.2, 0.25) is 0 Å². The molecule has 0 saturated heterocycles. The fraction of sp³-hybridized carbons (Fsp3) is 0.818. The van der Waals surface area contributed by atoms with Crippen LogP contribution in [0, 0.1) is 0 Å². The molecule has 2 N–H and O–H groups in total. The second kappa shape index (κ2) is 7.22. The zero-order valence-electron chi connectivity index (χ0n) is 10.2. The highest BCUT2D eigenvalue weighted by molar-refractivity contribution is 5.78. The summed E-state index contributed by atoms with van der Waals surface area (Å²) < 4.78 is 5.10. The third-order valence-corrected chi connectivity index (χ3v) is 1.97. The molecule has 0 atom stereocenters. The number of carboxylic acid groups (broad SMARTS) is 1. The Hall–Kier alpha value is -1.10. The van der Waals surface area contributed by atoms with Gasteiger partial charge in [-0.25, -0.2) is 0 Å². The number of hydrogen-bond donors (Lipinski definition) is 2. The van der Waals surface area contributed by atoms with E-state index in [2.05, 4.69) is 5.32 Å². The first-order chi connectivity index (χ1) is 7.37. The summed E-state index contributed by atoms with van der Waals surface area (Å²) in [5.41, 5.74) is -0.700. The lowest BCUT2D eigenvalue weighted by molar-refractivity contribution is -0.138. The van der Waals surface area contributed by atoms with Crippen LogP contribution in [0.1, 0.15) is 40.0 Å². The summed E-state index contributed by atoms with van der Waals surface area (Å²) in [7, 11) is 0. The van der Waals surface area contributed by atoms with E-state index in [9.17, 15) is 9.59 Å². The molecule has 16 heavy (non-hydrogen) atoms. The smallest absolute Gasteiger partial charge is 0.305 e. The summed E-state index contributed by atoms with van der Waals surface area (Å²) in [6.07, 6.45) is 0.941. The van der Waals surface area contributed by atoms with E-state index < -0.39 is 11.5 Å². The Kier molecular flexibility index (Phi) is 6.72. The van der Waals surface area contributed by atoms with E-state index in [0.717, 1.165) is 0 Å². The Labute approximate surface area is 96.2 Å². The van der Waals surface area contributed by atoms with Gasteiger partial charge < -0.3 is 15.2 Å². The minimum absolute atomic E-state index is 0.0792. The van der Waals surface area contributed by atoms with Crippen LogP contribution in [0.5, 0.6) is 0 Å². The Morgan fingerprint density at radius 1 is 1.38 bits per heavy atom. The molecule has 0 aromatic carbocycles. The SMILES string of the molecule is CCOCCCC(=O)NC(C)(C)CC(=O)O. The lowest BCUT2D eigenvalue weighted by Crippen LogP contribution is -2.44. The van der Waals surface area contributed by atoms with E-state index in [1.807, 2.05) is 6.92 Å². The molecule has 0 saturated carbocycles. The van der Waals surface area contributed by atoms with E-state index in [1.165, 1.54) is 0 Å². The van der Waals surface area contributed by atoms with Gasteiger partial charge in [-0.3, -0.25) is 9.59 Å². The molecular weight excluding hydrogens is 210 g/mol. The maximum atomic E-state index is 11.4. The number of hydrogen-bond acceptors (Lipinski definition) is 3. The van der Waals surface area contributed by atoms with Crippen molar-refractivity contribution < 1.29 is 19.4 Å². The standard InChI is InChI=1S/C11H21NO4/c1-4-16-7-5-6-9(13)12-11(2,3)8-10(14)15/h4-8H2,1-3H3,(H,12,13)(H,14,15). The zero-order valence-corrected chi connectivity index (χ0v) is 10.2. The highest BCUT2D eigenvalue weighted by atomic mass is 16.5. The predicted octanol–water partition coefficient (Wildman–Crippen LogP) is 1.17. The fourth-order valence-corrected chi connectivity index (χ4v) is 1.34. The zero-order chi connectivity index (χ0) is 12.6. The van der Waals surface area contributed by atoms with Gasteiger partial charge in [0, 0.05) is 25.2 Å². The van der Waals surface area contributed by atoms with Gasteiger partial charge in [0.1, 0.15) is 0 Å². The van der Waals surface area contributed by atoms with E-state index in [0.29, 0.717) is 26.1 Å². The summed E-state index contributed by atoms with van der Waals surface area (Å²) in [4.78, 5) is 22.0. The maximum Gasteiger partial charge on any atom is 0.305 e. The van der Waals surface area contributed by atoms with Crippen molar-refractivity contribution in [1.82, 2.24) is 5.32 Å². The molecule has 0 aromatic rings. The first-order valence-electron chi connectivity index (χ1n) is 5.48. The first kappa shape index (κ1) is 14.9. The van der Waals surface area contributed by atoms with Crippen LogP contribution >= 0.6 is 0 Å². The van der Waals surface area contributed by atoms with Gasteiger partial charge in [0.2, 0.25) is 5.91 Å². The van der Waals surface area contributed by atoms with Crippen LogP contribution in [-0.4, -0.2) is 35.7 Å². The van der Waals surface area contributed by atoms with Crippen molar-refractivity contribution in [3.8, 4) is 0 Å². The van der Waals surface area contributed by atoms with Gasteiger partial charge in [-0.05, 0) is 27.2 Å². The lowest BCUT2D eigenvalue weighted by atomic mass is 10.0. The number of carbonyl (C=O) groups is 2. The van der Waals surface area contributed by atoms with E-state index >= 15 is 0 Å². The van der Waals surface area contributed by atoms with Gasteiger partial charge >= 0.3 is 5.97 Å². The fourth-order valence-electron chi connectivity index (χ4n) is 1.34. The average Bonchev–Trinajstić information content (AvgIpc) is 2.09. The molecule has 0 rings (SSSR count). The third kappa shape index (κ3) is 8.23. The Morgan fingerprint density at radius 2 is 2.00 bits per heavy atom. The van der Waals surface area contributed by atoms with Crippen LogP contribution in [0.15, 0.2) is 0 Å². The van der Waals surface area contributed by atoms with Crippen molar-refractivity contribution >= 4 is 11.9 Å². The quantitative estimate of drug-likeness (QED) is 0.615. The van der Waals surface area contributed by atoms with Gasteiger partial charge in [0.05, 0.1) is 6.42 Å². The number of carbonyl (C=O) groups excluding carboxylic acids is 1. The summed E-state index contributed by atoms with van der Waals surface area (Å²) in [5.74, 6) is -1.05. The topological polar surface area (TPSA) is 75.6 Å². The molecule has 1 amide bonds. The van der Waals surface area contributed by atoms with Crippen LogP contribution in [-0.2, 0) is 14.3 Å². The van der Waals surface area contributed by atoms with Crippen molar-refractivity contribution in [2.75, 3.05) is 13.2 Å². The number of amides is 1. The number of carboxylic acids is 1. The maximum absolute atomic E-state index is 11.4. The van der Waals surface area contributed by atoms with Crippen LogP contribution < -0.4 is 5.32 Å². The van der Waals surface area contributed by atoms with Gasteiger partial charge in [-0.15, -0.1) is 0 Å². The van der Waals surface area contributed by atoms with Gasteiger partial charge in [0.15, 0.2) is 0 Å². The Bertz CT molecular complexity index is 238. The average molecular weight is 231 g/mol. The number of aliphatic carboxylic acids is 1. The summed E-state index contributed by atoms with van der Waals surface area (Å²) in [6.45, 7) is 6.49. The van der Waals surface area contributed by atoms with Crippen molar-refractivity contribution in [3.05, 3.63) is 0 Å². The Morgan fingerprint density at radius 3 is 2.50 bits per heavy atom. The molecule has 0 unspecified atom stereocenters. The molecule has 0 aromatic heterocycles. The second-order valence-electron chi connectivity index (χ2n) is 4.30. The monoisotopic (exact) mass is 231 g/mol. The highest BCUT2D eigenvalue weighted by Crippen LogP contribution is 2.08. The van der Waals surface area contributed by atoms with Crippen LogP contribution in [0.25, 0.3) is 0 Å². The van der Waals surface area contributed by atoms with Gasteiger partial charge in [-0.2, -0.15) is 0 Å². The predicted molar refractivity (Wildman–Crippen MR) is 60.2 cm³/mol. The summed E-state index contributed by atoms with van der Waals surface area (Å²) >= 11 is 0. The first-order valence-corrected chi connectivity index (χ1v) is 5.48. The molecule has 5 nitrogen and oxygen atoms in total. The summed E-state index contributed by atoms with van der Waals surface area (Å²) in [6, 6.07) is 0. The van der Waals surface area contributed by atoms with Crippen molar-refractivity contribution in [2.24, 2.45) is 0 Å². The Balaban J connectivity index is 3.80. The second-order valence-corrected chi connectivity index (χ2v) is 4.30. The molecule has 0 aliphatic heterocycles.